The second-order valence-electron chi connectivity index (χ2n) is 15.8. The molecule has 0 N–H and O–H groups in total. The molecule has 0 aliphatic heterocycles. The molecule has 61 heavy (non-hydrogen) atoms. The summed E-state index contributed by atoms with van der Waals surface area (Å²) in [6, 6.07) is 76.1. The highest BCUT2D eigenvalue weighted by molar-refractivity contribution is 5.84. The normalized spacial score (nSPS) is 13.3. The summed E-state index contributed by atoms with van der Waals surface area (Å²) in [7, 11) is 0. The first kappa shape index (κ1) is 38.9. The fourth-order valence-corrected chi connectivity index (χ4v) is 8.27. The molecule has 1 aliphatic carbocycles. The number of hydrogen-bond donors (Lipinski definition) is 0. The average Bonchev–Trinajstić information content (AvgIpc) is 3.30. The van der Waals surface area contributed by atoms with Crippen molar-refractivity contribution >= 4 is 62.6 Å². The quantitative estimate of drug-likeness (QED) is 0.122. The zero-order valence-corrected chi connectivity index (χ0v) is 35.0. The fraction of sp³-hybridized carbons (Fsp3) is 0.0877. The van der Waals surface area contributed by atoms with Gasteiger partial charge >= 0.3 is 0 Å². The Morgan fingerprint density at radius 1 is 0.328 bits per heavy atom. The summed E-state index contributed by atoms with van der Waals surface area (Å²) in [5, 5.41) is 0. The number of benzene rings is 8. The van der Waals surface area contributed by atoms with Gasteiger partial charge in [0, 0.05) is 68.3 Å². The maximum atomic E-state index is 2.38. The van der Waals surface area contributed by atoms with Crippen LogP contribution in [0.2, 0.25) is 0 Å². The molecule has 1 atom stereocenters. The standard InChI is InChI=1S/C57H50N4/c1-43-16-13-25-55(40-43)59(46-19-7-4-8-20-46)52-34-28-49(29-35-52)58(50-30-36-53(37-31-50)60(47-21-9-5-10-22-47)56-26-14-17-44(2)41-56)51-32-38-54(39-33-51)61(48-23-11-6-12-24-48)57-27-15-18-45(3)42-57/h4-17,19-42,45H,18H2,1-3H3. The van der Waals surface area contributed by atoms with E-state index >= 15 is 0 Å². The Bertz CT molecular complexity index is 2610. The topological polar surface area (TPSA) is 13.0 Å². The summed E-state index contributed by atoms with van der Waals surface area (Å²) in [6.45, 7) is 6.57. The van der Waals surface area contributed by atoms with Gasteiger partial charge in [0.15, 0.2) is 0 Å². The second kappa shape index (κ2) is 17.7. The van der Waals surface area contributed by atoms with Crippen molar-refractivity contribution in [3.63, 3.8) is 0 Å². The highest BCUT2D eigenvalue weighted by Crippen LogP contribution is 2.42. The number of nitrogens with zero attached hydrogens (tertiary/aromatic N) is 4. The molecule has 298 valence electrons. The molecule has 0 fully saturated rings. The van der Waals surface area contributed by atoms with Gasteiger partial charge in [-0.1, -0.05) is 97.9 Å². The maximum absolute atomic E-state index is 2.38. The minimum Gasteiger partial charge on any atom is -0.311 e. The van der Waals surface area contributed by atoms with E-state index in [-0.39, 0.29) is 0 Å². The van der Waals surface area contributed by atoms with E-state index in [1.807, 2.05) is 0 Å². The molecule has 0 aromatic heterocycles. The van der Waals surface area contributed by atoms with E-state index in [4.69, 9.17) is 0 Å². The molecule has 8 aromatic rings. The van der Waals surface area contributed by atoms with Gasteiger partial charge in [0.1, 0.15) is 0 Å². The van der Waals surface area contributed by atoms with Crippen molar-refractivity contribution in [2.75, 3.05) is 19.6 Å². The lowest BCUT2D eigenvalue weighted by molar-refractivity contribution is 0.726. The van der Waals surface area contributed by atoms with E-state index in [0.29, 0.717) is 5.92 Å². The third kappa shape index (κ3) is 8.62. The van der Waals surface area contributed by atoms with Crippen LogP contribution in [0.25, 0.3) is 0 Å². The molecule has 4 heteroatoms. The summed E-state index contributed by atoms with van der Waals surface area (Å²) in [5.74, 6) is 0.472. The lowest BCUT2D eigenvalue weighted by Crippen LogP contribution is -2.18. The number of allylic oxidation sites excluding steroid dienone is 3. The zero-order valence-electron chi connectivity index (χ0n) is 35.0. The maximum Gasteiger partial charge on any atom is 0.0464 e. The highest BCUT2D eigenvalue weighted by Gasteiger charge is 2.20. The molecule has 0 radical (unpaired) electrons. The molecule has 8 aromatic carbocycles. The fourth-order valence-electron chi connectivity index (χ4n) is 8.27. The van der Waals surface area contributed by atoms with Gasteiger partial charge < -0.3 is 19.6 Å². The SMILES string of the molecule is Cc1cccc(N(c2ccccc2)c2ccc(N(c3ccc(N(C4=CC(C)CC=C4)c4ccccc4)cc3)c3ccc(N(c4ccccc4)c4cccc(C)c4)cc3)cc2)c1. The van der Waals surface area contributed by atoms with Crippen LogP contribution in [-0.2, 0) is 0 Å². The molecule has 0 bridgehead atoms. The Morgan fingerprint density at radius 3 is 0.967 bits per heavy atom. The Balaban J connectivity index is 1.13. The summed E-state index contributed by atoms with van der Waals surface area (Å²) >= 11 is 0. The van der Waals surface area contributed by atoms with Crippen molar-refractivity contribution in [1.82, 2.24) is 0 Å². The molecule has 0 saturated carbocycles. The van der Waals surface area contributed by atoms with Crippen molar-refractivity contribution in [2.24, 2.45) is 5.92 Å². The second-order valence-corrected chi connectivity index (χ2v) is 15.8. The molecule has 1 aliphatic rings. The first-order valence-electron chi connectivity index (χ1n) is 21.2. The minimum absolute atomic E-state index is 0.472. The van der Waals surface area contributed by atoms with Crippen molar-refractivity contribution in [1.29, 1.82) is 0 Å². The molecular weight excluding hydrogens is 741 g/mol. The molecule has 4 nitrogen and oxygen atoms in total. The van der Waals surface area contributed by atoms with Gasteiger partial charge in [-0.3, -0.25) is 0 Å². The van der Waals surface area contributed by atoms with Crippen molar-refractivity contribution < 1.29 is 0 Å². The number of aryl methyl sites for hydroxylation is 2. The lowest BCUT2D eigenvalue weighted by Gasteiger charge is -2.31. The van der Waals surface area contributed by atoms with E-state index in [2.05, 4.69) is 271 Å². The number of hydrogen-bond acceptors (Lipinski definition) is 4. The Morgan fingerprint density at radius 2 is 0.623 bits per heavy atom. The summed E-state index contributed by atoms with van der Waals surface area (Å²) < 4.78 is 0. The van der Waals surface area contributed by atoms with Gasteiger partial charge in [0.25, 0.3) is 0 Å². The molecule has 1 unspecified atom stereocenters. The third-order valence-electron chi connectivity index (χ3n) is 11.2. The van der Waals surface area contributed by atoms with Crippen LogP contribution in [0.15, 0.2) is 236 Å². The number of rotatable bonds is 12. The zero-order chi connectivity index (χ0) is 41.5. The van der Waals surface area contributed by atoms with E-state index in [1.54, 1.807) is 0 Å². The van der Waals surface area contributed by atoms with E-state index < -0.39 is 0 Å². The first-order valence-corrected chi connectivity index (χ1v) is 21.2. The largest absolute Gasteiger partial charge is 0.311 e. The van der Waals surface area contributed by atoms with E-state index in [9.17, 15) is 0 Å². The third-order valence-corrected chi connectivity index (χ3v) is 11.2. The van der Waals surface area contributed by atoms with Gasteiger partial charge in [-0.05, 0) is 177 Å². The van der Waals surface area contributed by atoms with Gasteiger partial charge in [-0.25, -0.2) is 0 Å². The Kier molecular flexibility index (Phi) is 11.3. The Hall–Kier alpha value is -7.56. The van der Waals surface area contributed by atoms with Gasteiger partial charge in [-0.2, -0.15) is 0 Å². The molecule has 0 amide bonds. The van der Waals surface area contributed by atoms with Crippen LogP contribution >= 0.6 is 0 Å². The molecular formula is C57H50N4. The van der Waals surface area contributed by atoms with Crippen molar-refractivity contribution in [3.05, 3.63) is 247 Å². The summed E-state index contributed by atoms with van der Waals surface area (Å²) in [4.78, 5) is 9.35. The summed E-state index contributed by atoms with van der Waals surface area (Å²) in [5.41, 5.74) is 15.7. The van der Waals surface area contributed by atoms with Crippen LogP contribution in [0, 0.1) is 19.8 Å². The Labute approximate surface area is 361 Å². The predicted molar refractivity (Wildman–Crippen MR) is 260 cm³/mol. The highest BCUT2D eigenvalue weighted by atomic mass is 15.2. The molecule has 9 rings (SSSR count). The van der Waals surface area contributed by atoms with Crippen LogP contribution in [-0.4, -0.2) is 0 Å². The number of anilines is 11. The van der Waals surface area contributed by atoms with Crippen LogP contribution < -0.4 is 19.6 Å². The van der Waals surface area contributed by atoms with Crippen molar-refractivity contribution in [2.45, 2.75) is 27.2 Å². The molecule has 0 heterocycles. The van der Waals surface area contributed by atoms with E-state index in [0.717, 1.165) is 69.0 Å². The lowest BCUT2D eigenvalue weighted by atomic mass is 10.00. The van der Waals surface area contributed by atoms with Gasteiger partial charge in [-0.15, -0.1) is 0 Å². The minimum atomic E-state index is 0.472. The van der Waals surface area contributed by atoms with Crippen molar-refractivity contribution in [3.8, 4) is 0 Å². The summed E-state index contributed by atoms with van der Waals surface area (Å²) in [6.07, 6.45) is 7.97. The average molecular weight is 791 g/mol. The smallest absolute Gasteiger partial charge is 0.0464 e. The monoisotopic (exact) mass is 790 g/mol. The molecule has 0 saturated heterocycles. The van der Waals surface area contributed by atoms with Gasteiger partial charge in [0.2, 0.25) is 0 Å². The predicted octanol–water partition coefficient (Wildman–Crippen LogP) is 16.3. The molecule has 0 spiro atoms. The van der Waals surface area contributed by atoms with Crippen LogP contribution in [0.5, 0.6) is 0 Å². The van der Waals surface area contributed by atoms with E-state index in [1.165, 1.54) is 16.8 Å². The van der Waals surface area contributed by atoms with Crippen LogP contribution in [0.4, 0.5) is 62.6 Å². The van der Waals surface area contributed by atoms with Gasteiger partial charge in [0.05, 0.1) is 0 Å². The van der Waals surface area contributed by atoms with Crippen LogP contribution in [0.3, 0.4) is 0 Å². The van der Waals surface area contributed by atoms with Crippen LogP contribution in [0.1, 0.15) is 24.5 Å². The first-order chi connectivity index (χ1) is 30.0. The number of para-hydroxylation sites is 3.